The van der Waals surface area contributed by atoms with E-state index in [1.807, 2.05) is 0 Å². The van der Waals surface area contributed by atoms with Crippen LogP contribution in [0, 0.1) is 11.6 Å². The molecular weight excluding hydrogens is 389 g/mol. The first-order chi connectivity index (χ1) is 12.0. The van der Waals surface area contributed by atoms with Gasteiger partial charge >= 0.3 is 12.3 Å². The number of ether oxygens (including phenoxy) is 1. The minimum absolute atomic E-state index is 0.0876. The summed E-state index contributed by atoms with van der Waals surface area (Å²) >= 11 is 0.762. The Morgan fingerprint density at radius 1 is 1.35 bits per heavy atom. The van der Waals surface area contributed by atoms with Crippen molar-refractivity contribution in [2.24, 2.45) is 10.2 Å². The smallest absolute Gasteiger partial charge is 0.481 e. The predicted molar refractivity (Wildman–Crippen MR) is 79.8 cm³/mol. The molecule has 1 heterocycles. The van der Waals surface area contributed by atoms with Gasteiger partial charge in [0.15, 0.2) is 5.17 Å². The van der Waals surface area contributed by atoms with E-state index < -0.39 is 52.9 Å². The van der Waals surface area contributed by atoms with E-state index in [2.05, 4.69) is 20.3 Å². The van der Waals surface area contributed by atoms with Crippen molar-refractivity contribution in [3.05, 3.63) is 29.3 Å². The Bertz CT molecular complexity index is 773. The molecule has 140 valence electrons. The number of carboxylic acid groups (broad SMARTS) is 1. The maximum atomic E-state index is 13.7. The second kappa shape index (κ2) is 7.68. The van der Waals surface area contributed by atoms with Crippen molar-refractivity contribution in [3.63, 3.8) is 0 Å². The van der Waals surface area contributed by atoms with Crippen LogP contribution < -0.4 is 10.1 Å². The van der Waals surface area contributed by atoms with Crippen molar-refractivity contribution in [1.29, 1.82) is 0 Å². The molecule has 1 aliphatic heterocycles. The number of halogens is 5. The number of rotatable bonds is 5. The summed E-state index contributed by atoms with van der Waals surface area (Å²) < 4.78 is 66.9. The minimum Gasteiger partial charge on any atom is -0.481 e. The van der Waals surface area contributed by atoms with E-state index in [1.54, 1.807) is 0 Å². The number of thioether (sulfide) groups is 1. The number of alkyl halides is 3. The average molecular weight is 397 g/mol. The SMILES string of the molecule is O=C(O)CC1SC(=NN=Cc2c(F)cc(OC(F)(F)F)cc2F)NC1=O. The van der Waals surface area contributed by atoms with Crippen LogP contribution in [-0.4, -0.2) is 40.0 Å². The molecule has 0 spiro atoms. The maximum Gasteiger partial charge on any atom is 0.573 e. The highest BCUT2D eigenvalue weighted by Crippen LogP contribution is 2.26. The molecule has 7 nitrogen and oxygen atoms in total. The first-order valence-electron chi connectivity index (χ1n) is 6.60. The molecule has 1 aromatic rings. The summed E-state index contributed by atoms with van der Waals surface area (Å²) in [6.45, 7) is 0. The fourth-order valence-corrected chi connectivity index (χ4v) is 2.68. The molecule has 13 heteroatoms. The second-order valence-electron chi connectivity index (χ2n) is 4.69. The van der Waals surface area contributed by atoms with Crippen LogP contribution in [0.4, 0.5) is 22.0 Å². The van der Waals surface area contributed by atoms with Crippen molar-refractivity contribution in [2.45, 2.75) is 18.0 Å². The summed E-state index contributed by atoms with van der Waals surface area (Å²) in [5.41, 5.74) is -0.778. The van der Waals surface area contributed by atoms with Gasteiger partial charge in [-0.1, -0.05) is 11.8 Å². The number of benzene rings is 1. The topological polar surface area (TPSA) is 100 Å². The van der Waals surface area contributed by atoms with Gasteiger partial charge in [-0.2, -0.15) is 5.10 Å². The fourth-order valence-electron chi connectivity index (χ4n) is 1.76. The van der Waals surface area contributed by atoms with E-state index >= 15 is 0 Å². The van der Waals surface area contributed by atoms with Gasteiger partial charge in [-0.15, -0.1) is 18.3 Å². The average Bonchev–Trinajstić information content (AvgIpc) is 2.79. The number of amidine groups is 1. The summed E-state index contributed by atoms with van der Waals surface area (Å²) in [5, 5.41) is 16.6. The van der Waals surface area contributed by atoms with Crippen LogP contribution >= 0.6 is 11.8 Å². The summed E-state index contributed by atoms with van der Waals surface area (Å²) in [6, 6.07) is 0.639. The fraction of sp³-hybridized carbons (Fsp3) is 0.231. The number of carbonyl (C=O) groups excluding carboxylic acids is 1. The molecule has 0 aliphatic carbocycles. The lowest BCUT2D eigenvalue weighted by Gasteiger charge is -2.09. The minimum atomic E-state index is -5.11. The zero-order chi connectivity index (χ0) is 19.5. The second-order valence-corrected chi connectivity index (χ2v) is 5.88. The Morgan fingerprint density at radius 2 is 1.96 bits per heavy atom. The van der Waals surface area contributed by atoms with Crippen molar-refractivity contribution in [3.8, 4) is 5.75 Å². The zero-order valence-corrected chi connectivity index (χ0v) is 13.2. The molecule has 0 radical (unpaired) electrons. The molecule has 1 aliphatic rings. The number of carbonyl (C=O) groups is 2. The molecular formula is C13H8F5N3O4S. The number of nitrogens with zero attached hydrogens (tertiary/aromatic N) is 2. The molecule has 2 rings (SSSR count). The Hall–Kier alpha value is -2.70. The number of hydrogen-bond donors (Lipinski definition) is 2. The van der Waals surface area contributed by atoms with Crippen LogP contribution in [0.15, 0.2) is 22.3 Å². The molecule has 2 N–H and O–H groups in total. The molecule has 1 atom stereocenters. The van der Waals surface area contributed by atoms with Gasteiger partial charge in [0.05, 0.1) is 18.2 Å². The summed E-state index contributed by atoms with van der Waals surface area (Å²) in [5.74, 6) is -5.64. The van der Waals surface area contributed by atoms with Crippen molar-refractivity contribution >= 4 is 35.0 Å². The Balaban J connectivity index is 2.11. The van der Waals surface area contributed by atoms with Crippen LogP contribution in [-0.2, 0) is 9.59 Å². The van der Waals surface area contributed by atoms with Gasteiger partial charge in [-0.25, -0.2) is 8.78 Å². The third kappa shape index (κ3) is 5.40. The summed E-state index contributed by atoms with van der Waals surface area (Å²) in [6.07, 6.45) is -4.97. The van der Waals surface area contributed by atoms with Crippen molar-refractivity contribution in [2.75, 3.05) is 0 Å². The molecule has 1 fully saturated rings. The number of carboxylic acids is 1. The number of nitrogens with one attached hydrogen (secondary N) is 1. The maximum absolute atomic E-state index is 13.7. The summed E-state index contributed by atoms with van der Waals surface area (Å²) in [4.78, 5) is 22.0. The van der Waals surface area contributed by atoms with Crippen LogP contribution in [0.25, 0.3) is 0 Å². The molecule has 0 saturated carbocycles. The van der Waals surface area contributed by atoms with Gasteiger partial charge in [0.2, 0.25) is 5.91 Å². The van der Waals surface area contributed by atoms with Gasteiger partial charge in [-0.3, -0.25) is 9.59 Å². The zero-order valence-electron chi connectivity index (χ0n) is 12.4. The molecule has 1 unspecified atom stereocenters. The first kappa shape index (κ1) is 19.6. The van der Waals surface area contributed by atoms with Gasteiger partial charge in [0, 0.05) is 12.1 Å². The normalized spacial score (nSPS) is 19.2. The Morgan fingerprint density at radius 3 is 2.50 bits per heavy atom. The lowest BCUT2D eigenvalue weighted by Crippen LogP contribution is -2.26. The predicted octanol–water partition coefficient (Wildman–Crippen LogP) is 2.26. The van der Waals surface area contributed by atoms with Crippen LogP contribution in [0.5, 0.6) is 5.75 Å². The van der Waals surface area contributed by atoms with Crippen molar-refractivity contribution < 1.29 is 41.4 Å². The summed E-state index contributed by atoms with van der Waals surface area (Å²) in [7, 11) is 0. The molecule has 0 aromatic heterocycles. The third-order valence-electron chi connectivity index (χ3n) is 2.76. The van der Waals surface area contributed by atoms with Gasteiger partial charge in [0.1, 0.15) is 22.6 Å². The molecule has 0 bridgehead atoms. The van der Waals surface area contributed by atoms with E-state index in [0.717, 1.165) is 11.8 Å². The van der Waals surface area contributed by atoms with E-state index in [4.69, 9.17) is 5.11 Å². The van der Waals surface area contributed by atoms with E-state index in [0.29, 0.717) is 18.3 Å². The Kier molecular flexibility index (Phi) is 5.79. The van der Waals surface area contributed by atoms with E-state index in [9.17, 15) is 31.5 Å². The molecule has 26 heavy (non-hydrogen) atoms. The molecule has 1 amide bonds. The lowest BCUT2D eigenvalue weighted by atomic mass is 10.2. The van der Waals surface area contributed by atoms with Crippen LogP contribution in [0.3, 0.4) is 0 Å². The lowest BCUT2D eigenvalue weighted by molar-refractivity contribution is -0.274. The van der Waals surface area contributed by atoms with Crippen LogP contribution in [0.2, 0.25) is 0 Å². The number of hydrogen-bond acceptors (Lipinski definition) is 6. The van der Waals surface area contributed by atoms with E-state index in [1.165, 1.54) is 0 Å². The quantitative estimate of drug-likeness (QED) is 0.451. The monoisotopic (exact) mass is 397 g/mol. The van der Waals surface area contributed by atoms with Crippen LogP contribution in [0.1, 0.15) is 12.0 Å². The highest BCUT2D eigenvalue weighted by molar-refractivity contribution is 8.15. The molecule has 1 saturated heterocycles. The largest absolute Gasteiger partial charge is 0.573 e. The highest BCUT2D eigenvalue weighted by Gasteiger charge is 2.33. The molecule has 1 aromatic carbocycles. The van der Waals surface area contributed by atoms with Gasteiger partial charge < -0.3 is 15.2 Å². The first-order valence-corrected chi connectivity index (χ1v) is 7.48. The van der Waals surface area contributed by atoms with Gasteiger partial charge in [-0.05, 0) is 0 Å². The standard InChI is InChI=1S/C13H8F5N3O4S/c14-7-1-5(25-13(16,17)18)2-8(15)6(7)4-19-21-12-20-11(24)9(26-12)3-10(22)23/h1-2,4,9H,3H2,(H,22,23)(H,20,21,24). The Labute approximate surface area is 145 Å². The number of aliphatic carboxylic acids is 1. The number of amides is 1. The van der Waals surface area contributed by atoms with Gasteiger partial charge in [0.25, 0.3) is 0 Å². The third-order valence-corrected chi connectivity index (χ3v) is 3.83. The van der Waals surface area contributed by atoms with Crippen molar-refractivity contribution in [1.82, 2.24) is 5.32 Å². The highest BCUT2D eigenvalue weighted by atomic mass is 32.2. The van der Waals surface area contributed by atoms with E-state index in [-0.39, 0.29) is 5.17 Å².